The van der Waals surface area contributed by atoms with E-state index in [0.717, 1.165) is 64.2 Å². The number of esters is 2. The van der Waals surface area contributed by atoms with E-state index in [-0.39, 0.29) is 24.3 Å². The molecule has 5 nitrogen and oxygen atoms in total. The summed E-state index contributed by atoms with van der Waals surface area (Å²) in [5, 5.41) is 0. The molecule has 0 bridgehead atoms. The molecule has 59 heavy (non-hydrogen) atoms. The van der Waals surface area contributed by atoms with E-state index in [1.807, 2.05) is 0 Å². The van der Waals surface area contributed by atoms with Crippen LogP contribution in [0, 0.1) is 0 Å². The number of unbranched alkanes of at least 4 members (excludes halogenated alkanes) is 33. The summed E-state index contributed by atoms with van der Waals surface area (Å²) in [7, 11) is -1.11. The first-order valence-electron chi connectivity index (χ1n) is 26.0. The lowest BCUT2D eigenvalue weighted by atomic mass is 10.1. The van der Waals surface area contributed by atoms with Gasteiger partial charge in [0.2, 0.25) is 0 Å². The molecule has 6 heteroatoms. The molecule has 0 amide bonds. The van der Waals surface area contributed by atoms with Gasteiger partial charge < -0.3 is 9.47 Å². The highest BCUT2D eigenvalue weighted by atomic mass is 32.2. The lowest BCUT2D eigenvalue weighted by Crippen LogP contribution is -2.31. The highest BCUT2D eigenvalue weighted by molar-refractivity contribution is 7.85. The van der Waals surface area contributed by atoms with Gasteiger partial charge in [0.1, 0.15) is 12.7 Å². The monoisotopic (exact) mass is 849 g/mol. The Morgan fingerprint density at radius 3 is 1.08 bits per heavy atom. The van der Waals surface area contributed by atoms with Gasteiger partial charge in [-0.1, -0.05) is 218 Å². The van der Waals surface area contributed by atoms with Crippen molar-refractivity contribution >= 4 is 22.7 Å². The first-order chi connectivity index (χ1) is 29.0. The van der Waals surface area contributed by atoms with Gasteiger partial charge in [0, 0.05) is 29.4 Å². The van der Waals surface area contributed by atoms with Crippen molar-refractivity contribution in [2.24, 2.45) is 0 Å². The van der Waals surface area contributed by atoms with Crippen LogP contribution >= 0.6 is 0 Å². The molecule has 0 saturated carbocycles. The first-order valence-corrected chi connectivity index (χ1v) is 27.5. The Kier molecular flexibility index (Phi) is 48.0. The van der Waals surface area contributed by atoms with Crippen molar-refractivity contribution < 1.29 is 23.3 Å². The maximum absolute atomic E-state index is 13.1. The zero-order chi connectivity index (χ0) is 43.0. The molecule has 0 aromatic heterocycles. The molecule has 2 atom stereocenters. The molecule has 2 unspecified atom stereocenters. The predicted molar refractivity (Wildman–Crippen MR) is 259 cm³/mol. The van der Waals surface area contributed by atoms with Crippen LogP contribution in [-0.4, -0.2) is 40.4 Å². The average Bonchev–Trinajstić information content (AvgIpc) is 3.23. The van der Waals surface area contributed by atoms with Crippen LogP contribution in [0.4, 0.5) is 0 Å². The standard InChI is InChI=1S/C53H100O5S/c1-4-7-10-13-16-19-22-25-27-29-31-34-37-40-43-46-52(54)57-49-51(50-59(56)48-45-42-39-36-33-24-21-18-15-12-9-6-3)58-53(55)47-44-41-38-35-32-30-28-26-23-20-17-14-11-8-5-2/h25-28,51H,4-24,29-50H2,1-3H3. The molecule has 0 aliphatic carbocycles. The van der Waals surface area contributed by atoms with Crippen LogP contribution in [0.1, 0.15) is 278 Å². The van der Waals surface area contributed by atoms with Crippen molar-refractivity contribution in [3.05, 3.63) is 24.3 Å². The first kappa shape index (κ1) is 57.6. The quantitative estimate of drug-likeness (QED) is 0.0346. The van der Waals surface area contributed by atoms with Crippen LogP contribution in [0.25, 0.3) is 0 Å². The summed E-state index contributed by atoms with van der Waals surface area (Å²) in [5.41, 5.74) is 0. The lowest BCUT2D eigenvalue weighted by Gasteiger charge is -2.18. The van der Waals surface area contributed by atoms with Gasteiger partial charge in [-0.25, -0.2) is 0 Å². The van der Waals surface area contributed by atoms with E-state index in [9.17, 15) is 13.8 Å². The van der Waals surface area contributed by atoms with Gasteiger partial charge in [0.05, 0.1) is 5.75 Å². The Morgan fingerprint density at radius 1 is 0.407 bits per heavy atom. The molecule has 0 fully saturated rings. The maximum Gasteiger partial charge on any atom is 0.306 e. The summed E-state index contributed by atoms with van der Waals surface area (Å²) in [4.78, 5) is 25.5. The molecule has 0 N–H and O–H groups in total. The third-order valence-electron chi connectivity index (χ3n) is 11.6. The normalized spacial score (nSPS) is 12.8. The number of carbonyl (C=O) groups is 2. The molecule has 0 radical (unpaired) electrons. The Morgan fingerprint density at radius 2 is 0.712 bits per heavy atom. The van der Waals surface area contributed by atoms with Gasteiger partial charge in [-0.2, -0.15) is 0 Å². The molecule has 0 heterocycles. The molecule has 0 spiro atoms. The molecule has 0 aliphatic rings. The summed E-state index contributed by atoms with van der Waals surface area (Å²) in [5.74, 6) is 0.357. The van der Waals surface area contributed by atoms with Gasteiger partial charge in [0.25, 0.3) is 0 Å². The van der Waals surface area contributed by atoms with Crippen molar-refractivity contribution in [3.63, 3.8) is 0 Å². The third kappa shape index (κ3) is 47.5. The second-order valence-electron chi connectivity index (χ2n) is 17.7. The van der Waals surface area contributed by atoms with E-state index in [4.69, 9.17) is 9.47 Å². The van der Waals surface area contributed by atoms with E-state index < -0.39 is 16.9 Å². The van der Waals surface area contributed by atoms with Gasteiger partial charge in [-0.3, -0.25) is 13.8 Å². The maximum atomic E-state index is 13.1. The van der Waals surface area contributed by atoms with Crippen molar-refractivity contribution in [1.29, 1.82) is 0 Å². The minimum absolute atomic E-state index is 0.00616. The molecule has 348 valence electrons. The minimum Gasteiger partial charge on any atom is -0.462 e. The third-order valence-corrected chi connectivity index (χ3v) is 13.1. The van der Waals surface area contributed by atoms with Gasteiger partial charge in [-0.05, 0) is 70.6 Å². The number of ether oxygens (including phenoxy) is 2. The van der Waals surface area contributed by atoms with Crippen molar-refractivity contribution in [1.82, 2.24) is 0 Å². The fourth-order valence-corrected chi connectivity index (χ4v) is 8.97. The van der Waals surface area contributed by atoms with Gasteiger partial charge in [-0.15, -0.1) is 0 Å². The number of allylic oxidation sites excluding steroid dienone is 4. The van der Waals surface area contributed by atoms with E-state index in [2.05, 4.69) is 45.1 Å². The highest BCUT2D eigenvalue weighted by Gasteiger charge is 2.20. The average molecular weight is 849 g/mol. The summed E-state index contributed by atoms with van der Waals surface area (Å²) in [6, 6.07) is 0. The molecule has 0 aliphatic heterocycles. The largest absolute Gasteiger partial charge is 0.462 e. The highest BCUT2D eigenvalue weighted by Crippen LogP contribution is 2.15. The fraction of sp³-hybridized carbons (Fsp3) is 0.887. The Hall–Kier alpha value is -1.43. The minimum atomic E-state index is -1.11. The van der Waals surface area contributed by atoms with E-state index in [0.29, 0.717) is 18.6 Å². The van der Waals surface area contributed by atoms with E-state index in [1.54, 1.807) is 0 Å². The number of hydrogen-bond acceptors (Lipinski definition) is 5. The van der Waals surface area contributed by atoms with E-state index >= 15 is 0 Å². The lowest BCUT2D eigenvalue weighted by molar-refractivity contribution is -0.157. The van der Waals surface area contributed by atoms with Gasteiger partial charge in [0.15, 0.2) is 0 Å². The Balaban J connectivity index is 4.37. The summed E-state index contributed by atoms with van der Waals surface area (Å²) in [6.07, 6.45) is 56.4. The molecule has 0 aromatic carbocycles. The second-order valence-corrected chi connectivity index (χ2v) is 19.3. The zero-order valence-corrected chi connectivity index (χ0v) is 40.6. The summed E-state index contributed by atoms with van der Waals surface area (Å²) >= 11 is 0. The van der Waals surface area contributed by atoms with E-state index in [1.165, 1.54) is 180 Å². The van der Waals surface area contributed by atoms with Crippen molar-refractivity contribution in [3.8, 4) is 0 Å². The molecular formula is C53H100O5S. The number of rotatable bonds is 48. The van der Waals surface area contributed by atoms with Gasteiger partial charge >= 0.3 is 11.9 Å². The molecule has 0 aromatic rings. The summed E-state index contributed by atoms with van der Waals surface area (Å²) < 4.78 is 24.5. The van der Waals surface area contributed by atoms with Crippen LogP contribution < -0.4 is 0 Å². The molecule has 0 rings (SSSR count). The molecular weight excluding hydrogens is 749 g/mol. The van der Waals surface area contributed by atoms with Crippen LogP contribution in [-0.2, 0) is 29.9 Å². The van der Waals surface area contributed by atoms with Crippen LogP contribution in [0.3, 0.4) is 0 Å². The topological polar surface area (TPSA) is 69.7 Å². The smallest absolute Gasteiger partial charge is 0.306 e. The predicted octanol–water partition coefficient (Wildman–Crippen LogP) is 17.0. The van der Waals surface area contributed by atoms with Crippen molar-refractivity contribution in [2.45, 2.75) is 284 Å². The van der Waals surface area contributed by atoms with Crippen LogP contribution in [0.15, 0.2) is 24.3 Å². The second kappa shape index (κ2) is 49.2. The number of carbonyl (C=O) groups excluding carboxylic acids is 2. The Bertz CT molecular complexity index is 962. The number of hydrogen-bond donors (Lipinski definition) is 0. The fourth-order valence-electron chi connectivity index (χ4n) is 7.69. The Labute approximate surface area is 370 Å². The zero-order valence-electron chi connectivity index (χ0n) is 39.7. The van der Waals surface area contributed by atoms with Crippen LogP contribution in [0.5, 0.6) is 0 Å². The molecule has 0 saturated heterocycles. The van der Waals surface area contributed by atoms with Crippen LogP contribution in [0.2, 0.25) is 0 Å². The SMILES string of the molecule is CCCCCCCCC=CCCCCCCCC(=O)OCC(CS(=O)CCCCCCCCCCCCCC)OC(=O)CCCCCCCC=CCCCCCCCC. The van der Waals surface area contributed by atoms with Crippen molar-refractivity contribution in [2.75, 3.05) is 18.1 Å². The summed E-state index contributed by atoms with van der Waals surface area (Å²) in [6.45, 7) is 6.81.